The highest BCUT2D eigenvalue weighted by atomic mass is 32.2. The fourth-order valence-electron chi connectivity index (χ4n) is 4.02. The van der Waals surface area contributed by atoms with Gasteiger partial charge in [-0.1, -0.05) is 13.0 Å². The van der Waals surface area contributed by atoms with E-state index in [-0.39, 0.29) is 18.5 Å². The highest BCUT2D eigenvalue weighted by molar-refractivity contribution is 7.88. The maximum Gasteiger partial charge on any atom is 0.333 e. The second kappa shape index (κ2) is 11.5. The minimum absolute atomic E-state index is 0.0294. The molecule has 0 aliphatic carbocycles. The number of carbonyl (C=O) groups excluding carboxylic acids is 1. The lowest BCUT2D eigenvalue weighted by atomic mass is 10.0. The summed E-state index contributed by atoms with van der Waals surface area (Å²) < 4.78 is 36.6. The number of nitrogens with one attached hydrogen (secondary N) is 2. The van der Waals surface area contributed by atoms with Gasteiger partial charge in [0.2, 0.25) is 10.0 Å². The van der Waals surface area contributed by atoms with Gasteiger partial charge >= 0.3 is 5.97 Å². The van der Waals surface area contributed by atoms with Gasteiger partial charge in [0, 0.05) is 24.3 Å². The second-order valence-corrected chi connectivity index (χ2v) is 10.5. The summed E-state index contributed by atoms with van der Waals surface area (Å²) in [6.45, 7) is 4.88. The Hall–Kier alpha value is -3.11. The van der Waals surface area contributed by atoms with Crippen molar-refractivity contribution in [3.8, 4) is 5.75 Å². The van der Waals surface area contributed by atoms with Gasteiger partial charge in [0.15, 0.2) is 6.04 Å². The molecule has 1 unspecified atom stereocenters. The van der Waals surface area contributed by atoms with Gasteiger partial charge in [-0.05, 0) is 73.7 Å². The third-order valence-electron chi connectivity index (χ3n) is 5.93. The van der Waals surface area contributed by atoms with Gasteiger partial charge in [0.05, 0.1) is 12.9 Å². The van der Waals surface area contributed by atoms with Crippen molar-refractivity contribution in [2.24, 2.45) is 5.73 Å². The van der Waals surface area contributed by atoms with Crippen LogP contribution in [0.25, 0.3) is 0 Å². The summed E-state index contributed by atoms with van der Waals surface area (Å²) >= 11 is 0. The maximum atomic E-state index is 12.9. The average Bonchev–Trinajstić information content (AvgIpc) is 2.82. The van der Waals surface area contributed by atoms with Gasteiger partial charge in [-0.3, -0.25) is 5.41 Å². The first kappa shape index (κ1) is 26.5. The highest BCUT2D eigenvalue weighted by Gasteiger charge is 2.27. The summed E-state index contributed by atoms with van der Waals surface area (Å²) in [5.74, 6) is 0.197. The van der Waals surface area contributed by atoms with E-state index in [4.69, 9.17) is 20.6 Å². The third-order valence-corrected chi connectivity index (χ3v) is 7.24. The molecular formula is C25H34N4O5S. The second-order valence-electron chi connectivity index (χ2n) is 8.56. The molecule has 0 amide bonds. The molecule has 190 valence electrons. The molecule has 4 N–H and O–H groups in total. The van der Waals surface area contributed by atoms with Crippen molar-refractivity contribution in [2.45, 2.75) is 45.3 Å². The van der Waals surface area contributed by atoms with E-state index in [9.17, 15) is 13.2 Å². The lowest BCUT2D eigenvalue weighted by Gasteiger charge is -2.30. The van der Waals surface area contributed by atoms with E-state index in [0.29, 0.717) is 48.5 Å². The molecule has 0 bridgehead atoms. The molecule has 0 saturated carbocycles. The van der Waals surface area contributed by atoms with E-state index in [1.165, 1.54) is 10.6 Å². The van der Waals surface area contributed by atoms with Crippen LogP contribution in [0.15, 0.2) is 42.5 Å². The monoisotopic (exact) mass is 502 g/mol. The lowest BCUT2D eigenvalue weighted by molar-refractivity contribution is -0.144. The van der Waals surface area contributed by atoms with Crippen LogP contribution in [0.1, 0.15) is 49.4 Å². The summed E-state index contributed by atoms with van der Waals surface area (Å²) in [6, 6.07) is 11.9. The first-order chi connectivity index (χ1) is 16.6. The lowest BCUT2D eigenvalue weighted by Crippen LogP contribution is -2.41. The SMILES string of the molecule is CCOC(=O)C(Nc1ccc(C(=N)N)cc1)c1cc(CC)cc(OC2CCN(S(C)(=O)=O)CC2)c1. The Morgan fingerprint density at radius 2 is 1.83 bits per heavy atom. The van der Waals surface area contributed by atoms with E-state index in [2.05, 4.69) is 5.32 Å². The Morgan fingerprint density at radius 3 is 2.37 bits per heavy atom. The van der Waals surface area contributed by atoms with Crippen LogP contribution in [0.3, 0.4) is 0 Å². The van der Waals surface area contributed by atoms with Gasteiger partial charge in [-0.2, -0.15) is 0 Å². The smallest absolute Gasteiger partial charge is 0.333 e. The molecule has 1 heterocycles. The van der Waals surface area contributed by atoms with Crippen molar-refractivity contribution in [2.75, 3.05) is 31.3 Å². The molecule has 1 aliphatic heterocycles. The Bertz CT molecular complexity index is 1140. The number of carbonyl (C=O) groups is 1. The van der Waals surface area contributed by atoms with Crippen LogP contribution in [0.2, 0.25) is 0 Å². The molecule has 0 aromatic heterocycles. The summed E-state index contributed by atoms with van der Waals surface area (Å²) in [4.78, 5) is 12.9. The zero-order chi connectivity index (χ0) is 25.6. The van der Waals surface area contributed by atoms with E-state index in [1.807, 2.05) is 25.1 Å². The molecule has 1 fully saturated rings. The molecule has 35 heavy (non-hydrogen) atoms. The van der Waals surface area contributed by atoms with Crippen LogP contribution in [0, 0.1) is 5.41 Å². The zero-order valence-corrected chi connectivity index (χ0v) is 21.2. The van der Waals surface area contributed by atoms with E-state index in [0.717, 1.165) is 12.0 Å². The topological polar surface area (TPSA) is 135 Å². The summed E-state index contributed by atoms with van der Waals surface area (Å²) in [6.07, 6.45) is 3.06. The van der Waals surface area contributed by atoms with Gasteiger partial charge in [-0.15, -0.1) is 0 Å². The van der Waals surface area contributed by atoms with Crippen LogP contribution < -0.4 is 15.8 Å². The number of esters is 1. The van der Waals surface area contributed by atoms with Crippen molar-refractivity contribution in [1.29, 1.82) is 5.41 Å². The van der Waals surface area contributed by atoms with Gasteiger partial charge in [0.25, 0.3) is 0 Å². The summed E-state index contributed by atoms with van der Waals surface area (Å²) in [5, 5.41) is 10.8. The average molecular weight is 503 g/mol. The number of aryl methyl sites for hydroxylation is 1. The number of hydrogen-bond donors (Lipinski definition) is 3. The fraction of sp³-hybridized carbons (Fsp3) is 0.440. The van der Waals surface area contributed by atoms with Crippen LogP contribution >= 0.6 is 0 Å². The van der Waals surface area contributed by atoms with Crippen molar-refractivity contribution < 1.29 is 22.7 Å². The first-order valence-corrected chi connectivity index (χ1v) is 13.6. The van der Waals surface area contributed by atoms with E-state index < -0.39 is 22.0 Å². The number of ether oxygens (including phenoxy) is 2. The molecule has 9 nitrogen and oxygen atoms in total. The van der Waals surface area contributed by atoms with Crippen molar-refractivity contribution >= 4 is 27.5 Å². The molecular weight excluding hydrogens is 468 g/mol. The first-order valence-electron chi connectivity index (χ1n) is 11.7. The highest BCUT2D eigenvalue weighted by Crippen LogP contribution is 2.29. The Labute approximate surface area is 207 Å². The molecule has 0 radical (unpaired) electrons. The third kappa shape index (κ3) is 7.19. The number of nitrogen functional groups attached to an aromatic ring is 1. The van der Waals surface area contributed by atoms with E-state index >= 15 is 0 Å². The molecule has 3 rings (SSSR count). The van der Waals surface area contributed by atoms with Crippen molar-refractivity contribution in [3.05, 3.63) is 59.2 Å². The van der Waals surface area contributed by atoms with Crippen LogP contribution in [0.5, 0.6) is 5.75 Å². The number of benzene rings is 2. The fourth-order valence-corrected chi connectivity index (χ4v) is 4.89. The molecule has 1 saturated heterocycles. The molecule has 1 atom stereocenters. The van der Waals surface area contributed by atoms with Gasteiger partial charge in [-0.25, -0.2) is 17.5 Å². The summed E-state index contributed by atoms with van der Waals surface area (Å²) in [5.41, 5.74) is 8.54. The van der Waals surface area contributed by atoms with Crippen LogP contribution in [-0.2, 0) is 26.0 Å². The molecule has 2 aromatic carbocycles. The maximum absolute atomic E-state index is 12.9. The molecule has 0 spiro atoms. The number of sulfonamides is 1. The molecule has 2 aromatic rings. The Kier molecular flexibility index (Phi) is 8.74. The van der Waals surface area contributed by atoms with Crippen molar-refractivity contribution in [1.82, 2.24) is 4.31 Å². The Morgan fingerprint density at radius 1 is 1.17 bits per heavy atom. The molecule has 1 aliphatic rings. The van der Waals surface area contributed by atoms with Gasteiger partial charge < -0.3 is 20.5 Å². The van der Waals surface area contributed by atoms with Crippen molar-refractivity contribution in [3.63, 3.8) is 0 Å². The minimum atomic E-state index is -3.20. The number of hydrogen-bond acceptors (Lipinski definition) is 7. The number of anilines is 1. The van der Waals surface area contributed by atoms with E-state index in [1.54, 1.807) is 31.2 Å². The quantitative estimate of drug-likeness (QED) is 0.258. The van der Waals surface area contributed by atoms with Crippen LogP contribution in [-0.4, -0.2) is 56.6 Å². The number of nitrogens with zero attached hydrogens (tertiary/aromatic N) is 1. The predicted molar refractivity (Wildman–Crippen MR) is 136 cm³/mol. The number of amidine groups is 1. The normalized spacial score (nSPS) is 15.9. The largest absolute Gasteiger partial charge is 0.490 e. The minimum Gasteiger partial charge on any atom is -0.490 e. The summed E-state index contributed by atoms with van der Waals surface area (Å²) in [7, 11) is -3.20. The number of rotatable bonds is 10. The number of piperidine rings is 1. The standard InChI is InChI=1S/C25H34N4O5S/c1-4-17-14-19(16-22(15-17)34-21-10-12-29(13-11-21)35(3,31)32)23(25(30)33-5-2)28-20-8-6-18(7-9-20)24(26)27/h6-9,14-16,21,23,28H,4-5,10-13H2,1-3H3,(H3,26,27). The van der Waals surface area contributed by atoms with Gasteiger partial charge in [0.1, 0.15) is 17.7 Å². The zero-order valence-electron chi connectivity index (χ0n) is 20.4. The number of nitrogens with two attached hydrogens (primary N) is 1. The van der Waals surface area contributed by atoms with Crippen LogP contribution in [0.4, 0.5) is 5.69 Å². The predicted octanol–water partition coefficient (Wildman–Crippen LogP) is 3.05. The molecule has 10 heteroatoms. The Balaban J connectivity index is 1.84.